The summed E-state index contributed by atoms with van der Waals surface area (Å²) in [5, 5.41) is 3.95. The van der Waals surface area contributed by atoms with Crippen LogP contribution in [0.4, 0.5) is 0 Å². The molecule has 2 aromatic carbocycles. The third-order valence-electron chi connectivity index (χ3n) is 5.88. The lowest BCUT2D eigenvalue weighted by molar-refractivity contribution is 0.0867. The van der Waals surface area contributed by atoms with E-state index >= 15 is 0 Å². The Hall–Kier alpha value is -2.59. The maximum Gasteiger partial charge on any atom is 0.270 e. The fourth-order valence-corrected chi connectivity index (χ4v) is 5.08. The molecule has 4 rings (SSSR count). The number of halogens is 1. The molecule has 1 fully saturated rings. The number of hydrogen-bond acceptors (Lipinski definition) is 2. The number of hydrogen-bond donors (Lipinski definition) is 1. The van der Waals surface area contributed by atoms with E-state index in [2.05, 4.69) is 37.1 Å². The first-order valence-corrected chi connectivity index (χ1v) is 10.9. The highest BCUT2D eigenvalue weighted by Gasteiger charge is 2.33. The van der Waals surface area contributed by atoms with E-state index < -0.39 is 0 Å². The Kier molecular flexibility index (Phi) is 5.70. The van der Waals surface area contributed by atoms with Gasteiger partial charge in [0.05, 0.1) is 12.5 Å². The van der Waals surface area contributed by atoms with E-state index in [0.717, 1.165) is 29.7 Å². The fraction of sp³-hybridized carbons (Fsp3) is 0.360. The van der Waals surface area contributed by atoms with E-state index in [0.29, 0.717) is 16.6 Å². The van der Waals surface area contributed by atoms with E-state index in [4.69, 9.17) is 11.6 Å². The lowest BCUT2D eigenvalue weighted by atomic mass is 9.70. The number of nitrogens with one attached hydrogen (secondary N) is 1. The number of aromatic nitrogens is 2. The van der Waals surface area contributed by atoms with Gasteiger partial charge in [-0.25, -0.2) is 4.98 Å². The quantitative estimate of drug-likeness (QED) is 0.550. The van der Waals surface area contributed by atoms with E-state index in [-0.39, 0.29) is 17.4 Å². The molecule has 1 amide bonds. The molecule has 5 heteroatoms. The van der Waals surface area contributed by atoms with Crippen molar-refractivity contribution in [2.45, 2.75) is 46.1 Å². The summed E-state index contributed by atoms with van der Waals surface area (Å²) in [6.07, 6.45) is 6.56. The minimum Gasteiger partial charge on any atom is -0.348 e. The highest BCUT2D eigenvalue weighted by molar-refractivity contribution is 6.30. The van der Waals surface area contributed by atoms with Gasteiger partial charge in [-0.15, -0.1) is 0 Å². The molecule has 1 saturated carbocycles. The van der Waals surface area contributed by atoms with Crippen molar-refractivity contribution in [3.63, 3.8) is 0 Å². The molecule has 0 spiro atoms. The van der Waals surface area contributed by atoms with E-state index in [9.17, 15) is 4.79 Å². The predicted octanol–water partition coefficient (Wildman–Crippen LogP) is 6.14. The fourth-order valence-electron chi connectivity index (χ4n) is 4.89. The Labute approximate surface area is 183 Å². The summed E-state index contributed by atoms with van der Waals surface area (Å²) >= 11 is 6.16. The first-order valence-electron chi connectivity index (χ1n) is 10.5. The second-order valence-electron chi connectivity index (χ2n) is 9.29. The maximum absolute atomic E-state index is 13.1. The highest BCUT2D eigenvalue weighted by atomic mass is 35.5. The van der Waals surface area contributed by atoms with Crippen LogP contribution in [0.3, 0.4) is 0 Å². The van der Waals surface area contributed by atoms with Crippen LogP contribution in [0, 0.1) is 11.3 Å². The van der Waals surface area contributed by atoms with Crippen LogP contribution in [-0.2, 0) is 0 Å². The Bertz CT molecular complexity index is 1060. The zero-order valence-corrected chi connectivity index (χ0v) is 18.5. The molecule has 4 nitrogen and oxygen atoms in total. The minimum atomic E-state index is -0.0736. The molecule has 0 bridgehead atoms. The smallest absolute Gasteiger partial charge is 0.270 e. The molecule has 1 heterocycles. The molecule has 0 saturated heterocycles. The average Bonchev–Trinajstić information content (AvgIpc) is 3.16. The Morgan fingerprint density at radius 3 is 2.60 bits per heavy atom. The number of benzene rings is 2. The Morgan fingerprint density at radius 2 is 1.87 bits per heavy atom. The molecule has 1 aromatic heterocycles. The normalized spacial score (nSPS) is 20.7. The second-order valence-corrected chi connectivity index (χ2v) is 9.73. The maximum atomic E-state index is 13.1. The number of rotatable bonds is 4. The molecule has 156 valence electrons. The van der Waals surface area contributed by atoms with Crippen LogP contribution in [0.25, 0.3) is 16.8 Å². The van der Waals surface area contributed by atoms with Gasteiger partial charge in [0.15, 0.2) is 0 Å². The summed E-state index contributed by atoms with van der Waals surface area (Å²) in [6, 6.07) is 16.0. The van der Waals surface area contributed by atoms with Gasteiger partial charge in [-0.1, -0.05) is 56.6 Å². The van der Waals surface area contributed by atoms with Gasteiger partial charge < -0.3 is 5.32 Å². The summed E-state index contributed by atoms with van der Waals surface area (Å²) in [6.45, 7) is 6.84. The van der Waals surface area contributed by atoms with Crippen LogP contribution >= 0.6 is 11.6 Å². The molecule has 1 aliphatic rings. The summed E-state index contributed by atoms with van der Waals surface area (Å²) < 4.78 is 1.85. The van der Waals surface area contributed by atoms with Crippen LogP contribution < -0.4 is 5.32 Å². The summed E-state index contributed by atoms with van der Waals surface area (Å²) in [5.41, 5.74) is 3.77. The third kappa shape index (κ3) is 4.59. The molecule has 2 atom stereocenters. The molecule has 1 N–H and O–H groups in total. The van der Waals surface area contributed by atoms with Gasteiger partial charge in [-0.05, 0) is 66.0 Å². The van der Waals surface area contributed by atoms with Crippen molar-refractivity contribution < 1.29 is 4.79 Å². The van der Waals surface area contributed by atoms with Gasteiger partial charge >= 0.3 is 0 Å². The number of amides is 1. The SMILES string of the molecule is C[C@H]1C[C@H](NC(=O)c2cncn2-c2cccc(-c3cccc(Cl)c3)c2)CC(C)(C)C1. The zero-order valence-electron chi connectivity index (χ0n) is 17.7. The van der Waals surface area contributed by atoms with Crippen LogP contribution in [-0.4, -0.2) is 21.5 Å². The van der Waals surface area contributed by atoms with Crippen LogP contribution in [0.5, 0.6) is 0 Å². The molecule has 0 aliphatic heterocycles. The molecular formula is C25H28ClN3O. The van der Waals surface area contributed by atoms with Crippen LogP contribution in [0.2, 0.25) is 5.02 Å². The first-order chi connectivity index (χ1) is 14.3. The van der Waals surface area contributed by atoms with E-state index in [1.165, 1.54) is 6.42 Å². The number of nitrogens with zero attached hydrogens (tertiary/aromatic N) is 2. The minimum absolute atomic E-state index is 0.0736. The topological polar surface area (TPSA) is 46.9 Å². The van der Waals surface area contributed by atoms with Crippen molar-refractivity contribution in [3.05, 3.63) is 71.8 Å². The second kappa shape index (κ2) is 8.27. The lowest BCUT2D eigenvalue weighted by Crippen LogP contribution is -2.43. The molecule has 3 aromatic rings. The van der Waals surface area contributed by atoms with Crippen molar-refractivity contribution in [3.8, 4) is 16.8 Å². The van der Waals surface area contributed by atoms with Crippen molar-refractivity contribution in [2.24, 2.45) is 11.3 Å². The number of imidazole rings is 1. The lowest BCUT2D eigenvalue weighted by Gasteiger charge is -2.39. The van der Waals surface area contributed by atoms with Gasteiger partial charge in [-0.3, -0.25) is 9.36 Å². The van der Waals surface area contributed by atoms with Crippen molar-refractivity contribution >= 4 is 17.5 Å². The van der Waals surface area contributed by atoms with Crippen LogP contribution in [0.1, 0.15) is 50.5 Å². The zero-order chi connectivity index (χ0) is 21.3. The van der Waals surface area contributed by atoms with Crippen molar-refractivity contribution in [2.75, 3.05) is 0 Å². The number of carbonyl (C=O) groups is 1. The van der Waals surface area contributed by atoms with Gasteiger partial charge in [0.1, 0.15) is 5.69 Å². The monoisotopic (exact) mass is 421 g/mol. The standard InChI is InChI=1S/C25H28ClN3O/c1-17-10-21(14-25(2,3)13-17)28-24(30)23-15-27-16-29(23)22-9-5-7-19(12-22)18-6-4-8-20(26)11-18/h4-9,11-12,15-17,21H,10,13-14H2,1-3H3,(H,28,30)/t17-,21-/m0/s1. The Balaban J connectivity index is 1.58. The van der Waals surface area contributed by atoms with Crippen LogP contribution in [0.15, 0.2) is 61.1 Å². The largest absolute Gasteiger partial charge is 0.348 e. The third-order valence-corrected chi connectivity index (χ3v) is 6.11. The highest BCUT2D eigenvalue weighted by Crippen LogP contribution is 2.38. The first kappa shape index (κ1) is 20.7. The van der Waals surface area contributed by atoms with Gasteiger partial charge in [0, 0.05) is 16.8 Å². The van der Waals surface area contributed by atoms with Gasteiger partial charge in [-0.2, -0.15) is 0 Å². The number of carbonyl (C=O) groups excluding carboxylic acids is 1. The average molecular weight is 422 g/mol. The summed E-state index contributed by atoms with van der Waals surface area (Å²) in [7, 11) is 0. The van der Waals surface area contributed by atoms with Gasteiger partial charge in [0.2, 0.25) is 0 Å². The van der Waals surface area contributed by atoms with E-state index in [1.54, 1.807) is 12.5 Å². The molecule has 0 radical (unpaired) electrons. The van der Waals surface area contributed by atoms with Crippen molar-refractivity contribution in [1.29, 1.82) is 0 Å². The van der Waals surface area contributed by atoms with Crippen molar-refractivity contribution in [1.82, 2.24) is 14.9 Å². The molecule has 0 unspecified atom stereocenters. The Morgan fingerprint density at radius 1 is 1.13 bits per heavy atom. The predicted molar refractivity (Wildman–Crippen MR) is 122 cm³/mol. The van der Waals surface area contributed by atoms with Gasteiger partial charge in [0.25, 0.3) is 5.91 Å². The summed E-state index contributed by atoms with van der Waals surface area (Å²) in [5.74, 6) is 0.536. The molecule has 1 aliphatic carbocycles. The summed E-state index contributed by atoms with van der Waals surface area (Å²) in [4.78, 5) is 17.3. The van der Waals surface area contributed by atoms with E-state index in [1.807, 2.05) is 47.0 Å². The molecular weight excluding hydrogens is 394 g/mol. The molecule has 30 heavy (non-hydrogen) atoms.